The molecule has 96 valence electrons. The summed E-state index contributed by atoms with van der Waals surface area (Å²) in [5.41, 5.74) is 2.17. The molecule has 2 rings (SSSR count). The van der Waals surface area contributed by atoms with Crippen LogP contribution in [0.4, 0.5) is 0 Å². The van der Waals surface area contributed by atoms with Gasteiger partial charge in [0.05, 0.1) is 12.5 Å². The molecule has 0 amide bonds. The van der Waals surface area contributed by atoms with Crippen molar-refractivity contribution in [2.24, 2.45) is 7.05 Å². The maximum absolute atomic E-state index is 7.83. The van der Waals surface area contributed by atoms with E-state index >= 15 is 0 Å². The molecule has 3 nitrogen and oxygen atoms in total. The maximum atomic E-state index is 7.83. The van der Waals surface area contributed by atoms with Gasteiger partial charge in [0, 0.05) is 29.2 Å². The highest BCUT2D eigenvalue weighted by Gasteiger charge is 2.10. The summed E-state index contributed by atoms with van der Waals surface area (Å²) in [6.45, 7) is 3.86. The fraction of sp³-hybridized carbons (Fsp3) is 0.357. The van der Waals surface area contributed by atoms with E-state index in [1.165, 1.54) is 0 Å². The second-order valence-electron chi connectivity index (χ2n) is 4.69. The van der Waals surface area contributed by atoms with Crippen LogP contribution in [0.15, 0.2) is 24.4 Å². The van der Waals surface area contributed by atoms with E-state index in [2.05, 4.69) is 0 Å². The molecule has 0 aliphatic heterocycles. The van der Waals surface area contributed by atoms with Crippen LogP contribution in [-0.2, 0) is 18.2 Å². The summed E-state index contributed by atoms with van der Waals surface area (Å²) >= 11 is 5.99. The van der Waals surface area contributed by atoms with Gasteiger partial charge in [0.1, 0.15) is 0 Å². The summed E-state index contributed by atoms with van der Waals surface area (Å²) in [7, 11) is 1.98. The second-order valence-corrected chi connectivity index (χ2v) is 5.13. The number of fused-ring (bicyclic) bond motifs is 1. The van der Waals surface area contributed by atoms with Crippen LogP contribution >= 0.6 is 11.6 Å². The third kappa shape index (κ3) is 2.67. The Kier molecular flexibility index (Phi) is 3.62. The number of rotatable bonds is 3. The average molecular weight is 265 g/mol. The average Bonchev–Trinajstić information content (AvgIpc) is 2.54. The van der Waals surface area contributed by atoms with Gasteiger partial charge >= 0.3 is 0 Å². The molecule has 1 aromatic carbocycles. The van der Waals surface area contributed by atoms with E-state index in [1.807, 2.05) is 49.9 Å². The number of nitrogens with zero attached hydrogens (tertiary/aromatic N) is 1. The van der Waals surface area contributed by atoms with Gasteiger partial charge in [-0.05, 0) is 31.5 Å². The number of aryl methyl sites for hydroxylation is 1. The lowest BCUT2D eigenvalue weighted by atomic mass is 10.1. The molecular weight excluding hydrogens is 248 g/mol. The summed E-state index contributed by atoms with van der Waals surface area (Å²) < 4.78 is 7.41. The van der Waals surface area contributed by atoms with Gasteiger partial charge in [0.15, 0.2) is 5.90 Å². The van der Waals surface area contributed by atoms with Crippen molar-refractivity contribution in [3.8, 4) is 0 Å². The predicted molar refractivity (Wildman–Crippen MR) is 75.6 cm³/mol. The van der Waals surface area contributed by atoms with Crippen LogP contribution in [0.25, 0.3) is 10.9 Å². The van der Waals surface area contributed by atoms with Gasteiger partial charge in [0.2, 0.25) is 0 Å². The first-order valence-electron chi connectivity index (χ1n) is 5.95. The van der Waals surface area contributed by atoms with Crippen molar-refractivity contribution in [1.82, 2.24) is 4.57 Å². The molecule has 0 saturated carbocycles. The standard InChI is InChI=1S/C14H17ClN2O/c1-9(2)18-14(16)6-10-8-17(3)13-7-11(15)4-5-12(10)13/h4-5,7-9,16H,6H2,1-3H3. The molecule has 2 aromatic rings. The van der Waals surface area contributed by atoms with E-state index in [0.717, 1.165) is 21.5 Å². The number of benzene rings is 1. The molecule has 0 radical (unpaired) electrons. The Balaban J connectivity index is 2.32. The molecule has 1 aromatic heterocycles. The fourth-order valence-corrected chi connectivity index (χ4v) is 2.25. The number of ether oxygens (including phenoxy) is 1. The molecule has 1 heterocycles. The van der Waals surface area contributed by atoms with Gasteiger partial charge in [-0.15, -0.1) is 0 Å². The number of hydrogen-bond donors (Lipinski definition) is 1. The first-order chi connectivity index (χ1) is 8.47. The highest BCUT2D eigenvalue weighted by Crippen LogP contribution is 2.24. The lowest BCUT2D eigenvalue weighted by Gasteiger charge is -2.09. The molecule has 0 atom stereocenters. The van der Waals surface area contributed by atoms with Crippen molar-refractivity contribution < 1.29 is 4.74 Å². The normalized spacial score (nSPS) is 11.2. The maximum Gasteiger partial charge on any atom is 0.185 e. The van der Waals surface area contributed by atoms with Crippen LogP contribution in [0.1, 0.15) is 19.4 Å². The summed E-state index contributed by atoms with van der Waals surface area (Å²) in [4.78, 5) is 0. The zero-order valence-corrected chi connectivity index (χ0v) is 11.6. The van der Waals surface area contributed by atoms with Crippen molar-refractivity contribution >= 4 is 28.4 Å². The van der Waals surface area contributed by atoms with Gasteiger partial charge < -0.3 is 9.30 Å². The lowest BCUT2D eigenvalue weighted by Crippen LogP contribution is -2.12. The molecule has 0 aliphatic carbocycles. The highest BCUT2D eigenvalue weighted by molar-refractivity contribution is 6.31. The molecular formula is C14H17ClN2O. The molecule has 4 heteroatoms. The third-order valence-corrected chi connectivity index (χ3v) is 3.00. The van der Waals surface area contributed by atoms with Crippen molar-refractivity contribution in [3.63, 3.8) is 0 Å². The largest absolute Gasteiger partial charge is 0.478 e. The SMILES string of the molecule is CC(C)OC(=N)Cc1cn(C)c2cc(Cl)ccc12. The van der Waals surface area contributed by atoms with E-state index in [-0.39, 0.29) is 6.10 Å². The lowest BCUT2D eigenvalue weighted by molar-refractivity contribution is 0.221. The van der Waals surface area contributed by atoms with Crippen LogP contribution in [0, 0.1) is 5.41 Å². The zero-order chi connectivity index (χ0) is 13.3. The summed E-state index contributed by atoms with van der Waals surface area (Å²) in [6.07, 6.45) is 2.58. The Morgan fingerprint density at radius 1 is 1.44 bits per heavy atom. The molecule has 0 aliphatic rings. The number of nitrogens with one attached hydrogen (secondary N) is 1. The van der Waals surface area contributed by atoms with E-state index in [0.29, 0.717) is 12.3 Å². The molecule has 0 bridgehead atoms. The summed E-state index contributed by atoms with van der Waals surface area (Å²) in [5.74, 6) is 0.299. The molecule has 0 fully saturated rings. The Morgan fingerprint density at radius 2 is 2.17 bits per heavy atom. The minimum absolute atomic E-state index is 0.0434. The van der Waals surface area contributed by atoms with Gasteiger partial charge in [0.25, 0.3) is 0 Å². The highest BCUT2D eigenvalue weighted by atomic mass is 35.5. The second kappa shape index (κ2) is 5.02. The minimum atomic E-state index is 0.0434. The van der Waals surface area contributed by atoms with Gasteiger partial charge in [-0.1, -0.05) is 17.7 Å². The van der Waals surface area contributed by atoms with Crippen LogP contribution in [0.5, 0.6) is 0 Å². The van der Waals surface area contributed by atoms with E-state index in [1.54, 1.807) is 0 Å². The Bertz CT molecular complexity index is 587. The number of aromatic nitrogens is 1. The Labute approximate surface area is 112 Å². The molecule has 1 N–H and O–H groups in total. The topological polar surface area (TPSA) is 38.0 Å². The number of hydrogen-bond acceptors (Lipinski definition) is 2. The van der Waals surface area contributed by atoms with E-state index in [4.69, 9.17) is 21.7 Å². The van der Waals surface area contributed by atoms with Gasteiger partial charge in [-0.25, -0.2) is 0 Å². The fourth-order valence-electron chi connectivity index (χ4n) is 2.08. The van der Waals surface area contributed by atoms with Crippen molar-refractivity contribution in [2.75, 3.05) is 0 Å². The van der Waals surface area contributed by atoms with Crippen molar-refractivity contribution in [3.05, 3.63) is 35.0 Å². The van der Waals surface area contributed by atoms with Crippen LogP contribution < -0.4 is 0 Å². The summed E-state index contributed by atoms with van der Waals surface area (Å²) in [6, 6.07) is 5.81. The molecule has 0 spiro atoms. The first kappa shape index (κ1) is 13.0. The Morgan fingerprint density at radius 3 is 2.83 bits per heavy atom. The van der Waals surface area contributed by atoms with Crippen LogP contribution in [0.2, 0.25) is 5.02 Å². The van der Waals surface area contributed by atoms with Crippen LogP contribution in [-0.4, -0.2) is 16.6 Å². The zero-order valence-electron chi connectivity index (χ0n) is 10.8. The van der Waals surface area contributed by atoms with E-state index in [9.17, 15) is 0 Å². The minimum Gasteiger partial charge on any atom is -0.478 e. The Hall–Kier alpha value is -1.48. The first-order valence-corrected chi connectivity index (χ1v) is 6.32. The van der Waals surface area contributed by atoms with Gasteiger partial charge in [-0.2, -0.15) is 0 Å². The summed E-state index contributed by atoms with van der Waals surface area (Å²) in [5, 5.41) is 9.68. The number of halogens is 1. The van der Waals surface area contributed by atoms with E-state index < -0.39 is 0 Å². The third-order valence-electron chi connectivity index (χ3n) is 2.76. The van der Waals surface area contributed by atoms with Crippen LogP contribution in [0.3, 0.4) is 0 Å². The van der Waals surface area contributed by atoms with Crippen molar-refractivity contribution in [1.29, 1.82) is 5.41 Å². The molecule has 0 unspecified atom stereocenters. The quantitative estimate of drug-likeness (QED) is 0.665. The monoisotopic (exact) mass is 264 g/mol. The molecule has 0 saturated heterocycles. The van der Waals surface area contributed by atoms with Gasteiger partial charge in [-0.3, -0.25) is 5.41 Å². The van der Waals surface area contributed by atoms with Crippen molar-refractivity contribution in [2.45, 2.75) is 26.4 Å². The molecule has 18 heavy (non-hydrogen) atoms. The predicted octanol–water partition coefficient (Wildman–Crippen LogP) is 3.78. The smallest absolute Gasteiger partial charge is 0.185 e.